The fourth-order valence-corrected chi connectivity index (χ4v) is 3.03. The highest BCUT2D eigenvalue weighted by molar-refractivity contribution is 5.99. The maximum Gasteiger partial charge on any atom is 0.347 e. The molecule has 5 heteroatoms. The van der Waals surface area contributed by atoms with Crippen molar-refractivity contribution in [2.75, 3.05) is 0 Å². The number of carbonyl (C=O) groups excluding carboxylic acids is 1. The van der Waals surface area contributed by atoms with Crippen molar-refractivity contribution in [1.29, 1.82) is 0 Å². The Bertz CT molecular complexity index is 1310. The largest absolute Gasteiger partial charge is 0.422 e. The van der Waals surface area contributed by atoms with Crippen LogP contribution in [0.4, 0.5) is 0 Å². The number of Topliss-reactive ketones (excluding diaryl/α,β-unsaturated/α-hetero) is 1. The van der Waals surface area contributed by atoms with Gasteiger partial charge in [-0.05, 0) is 38.1 Å². The highest BCUT2D eigenvalue weighted by atomic mass is 16.4. The van der Waals surface area contributed by atoms with Gasteiger partial charge in [-0.25, -0.2) is 9.59 Å². The van der Waals surface area contributed by atoms with E-state index in [9.17, 15) is 14.4 Å². The van der Waals surface area contributed by atoms with Crippen LogP contribution in [0, 0.1) is 6.92 Å². The lowest BCUT2D eigenvalue weighted by molar-refractivity contribution is 0.101. The summed E-state index contributed by atoms with van der Waals surface area (Å²) in [6.07, 6.45) is 0. The first-order valence-electron chi connectivity index (χ1n) is 8.07. The SMILES string of the molecule is CC(=O)c1cc2cccc(-c3cc4cc(C)ccc4oc3=O)c2oc1=O. The zero-order chi connectivity index (χ0) is 18.4. The molecule has 0 atom stereocenters. The van der Waals surface area contributed by atoms with E-state index in [1.807, 2.05) is 19.1 Å². The van der Waals surface area contributed by atoms with Crippen molar-refractivity contribution in [3.8, 4) is 11.1 Å². The van der Waals surface area contributed by atoms with Crippen LogP contribution < -0.4 is 11.3 Å². The van der Waals surface area contributed by atoms with Gasteiger partial charge in [0, 0.05) is 16.3 Å². The summed E-state index contributed by atoms with van der Waals surface area (Å²) in [6.45, 7) is 3.26. The predicted octanol–water partition coefficient (Wildman–Crippen LogP) is 4.08. The van der Waals surface area contributed by atoms with Crippen molar-refractivity contribution in [3.63, 3.8) is 0 Å². The zero-order valence-corrected chi connectivity index (χ0v) is 14.2. The molecule has 0 unspecified atom stereocenters. The lowest BCUT2D eigenvalue weighted by atomic mass is 10.0. The van der Waals surface area contributed by atoms with E-state index in [2.05, 4.69) is 0 Å². The number of carbonyl (C=O) groups is 1. The quantitative estimate of drug-likeness (QED) is 0.404. The normalized spacial score (nSPS) is 11.2. The van der Waals surface area contributed by atoms with Gasteiger partial charge in [-0.1, -0.05) is 29.8 Å². The van der Waals surface area contributed by atoms with E-state index in [0.717, 1.165) is 10.9 Å². The van der Waals surface area contributed by atoms with E-state index in [4.69, 9.17) is 8.83 Å². The van der Waals surface area contributed by atoms with E-state index in [0.29, 0.717) is 22.1 Å². The molecule has 0 fully saturated rings. The summed E-state index contributed by atoms with van der Waals surface area (Å²) < 4.78 is 10.8. The Hall–Kier alpha value is -3.47. The van der Waals surface area contributed by atoms with E-state index >= 15 is 0 Å². The molecule has 2 heterocycles. The Morgan fingerprint density at radius 3 is 2.42 bits per heavy atom. The molecule has 0 aliphatic rings. The number of ketones is 1. The van der Waals surface area contributed by atoms with Crippen LogP contribution in [0.3, 0.4) is 0 Å². The summed E-state index contributed by atoms with van der Waals surface area (Å²) in [5.41, 5.74) is 1.26. The molecule has 0 aliphatic heterocycles. The summed E-state index contributed by atoms with van der Waals surface area (Å²) in [5.74, 6) is -0.369. The molecule has 0 spiro atoms. The van der Waals surface area contributed by atoms with Gasteiger partial charge in [0.1, 0.15) is 16.7 Å². The Morgan fingerprint density at radius 1 is 0.846 bits per heavy atom. The summed E-state index contributed by atoms with van der Waals surface area (Å²) in [5, 5.41) is 1.34. The Balaban J connectivity index is 2.06. The summed E-state index contributed by atoms with van der Waals surface area (Å²) in [7, 11) is 0. The number of aryl methyl sites for hydroxylation is 1. The minimum absolute atomic E-state index is 0.0178. The van der Waals surface area contributed by atoms with Gasteiger partial charge in [-0.3, -0.25) is 4.79 Å². The van der Waals surface area contributed by atoms with Crippen LogP contribution in [0.1, 0.15) is 22.8 Å². The first kappa shape index (κ1) is 16.0. The van der Waals surface area contributed by atoms with Crippen molar-refractivity contribution < 1.29 is 13.6 Å². The number of hydrogen-bond acceptors (Lipinski definition) is 5. The lowest BCUT2D eigenvalue weighted by Gasteiger charge is -2.07. The van der Waals surface area contributed by atoms with Crippen molar-refractivity contribution in [1.82, 2.24) is 0 Å². The molecule has 5 nitrogen and oxygen atoms in total. The maximum absolute atomic E-state index is 12.5. The Morgan fingerprint density at radius 2 is 1.65 bits per heavy atom. The number of benzene rings is 2. The molecule has 128 valence electrons. The van der Waals surface area contributed by atoms with E-state index in [1.165, 1.54) is 13.0 Å². The summed E-state index contributed by atoms with van der Waals surface area (Å²) >= 11 is 0. The number of para-hydroxylation sites is 1. The van der Waals surface area contributed by atoms with Gasteiger partial charge >= 0.3 is 11.3 Å². The third-order valence-corrected chi connectivity index (χ3v) is 4.32. The van der Waals surface area contributed by atoms with Gasteiger partial charge < -0.3 is 8.83 Å². The third kappa shape index (κ3) is 2.54. The molecule has 4 aromatic rings. The van der Waals surface area contributed by atoms with Gasteiger partial charge in [0.25, 0.3) is 0 Å². The average molecular weight is 346 g/mol. The van der Waals surface area contributed by atoms with Crippen LogP contribution >= 0.6 is 0 Å². The second-order valence-electron chi connectivity index (χ2n) is 6.22. The van der Waals surface area contributed by atoms with E-state index in [1.54, 1.807) is 30.3 Å². The van der Waals surface area contributed by atoms with Gasteiger partial charge in [-0.2, -0.15) is 0 Å². The van der Waals surface area contributed by atoms with Gasteiger partial charge in [0.15, 0.2) is 5.78 Å². The molecular formula is C21H14O5. The number of fused-ring (bicyclic) bond motifs is 2. The molecular weight excluding hydrogens is 332 g/mol. The maximum atomic E-state index is 12.5. The van der Waals surface area contributed by atoms with Gasteiger partial charge in [-0.15, -0.1) is 0 Å². The van der Waals surface area contributed by atoms with Crippen molar-refractivity contribution in [2.45, 2.75) is 13.8 Å². The smallest absolute Gasteiger partial charge is 0.347 e. The lowest BCUT2D eigenvalue weighted by Crippen LogP contribution is -2.11. The minimum atomic E-state index is -0.724. The average Bonchev–Trinajstić information content (AvgIpc) is 2.60. The zero-order valence-electron chi connectivity index (χ0n) is 14.2. The van der Waals surface area contributed by atoms with Crippen molar-refractivity contribution in [2.24, 2.45) is 0 Å². The molecule has 2 aromatic heterocycles. The second kappa shape index (κ2) is 5.81. The fourth-order valence-electron chi connectivity index (χ4n) is 3.03. The highest BCUT2D eigenvalue weighted by Crippen LogP contribution is 2.28. The second-order valence-corrected chi connectivity index (χ2v) is 6.22. The molecule has 0 radical (unpaired) electrons. The Kier molecular flexibility index (Phi) is 3.58. The van der Waals surface area contributed by atoms with Crippen LogP contribution in [0.25, 0.3) is 33.1 Å². The highest BCUT2D eigenvalue weighted by Gasteiger charge is 2.16. The topological polar surface area (TPSA) is 77.5 Å². The molecule has 0 amide bonds. The molecule has 2 aromatic carbocycles. The third-order valence-electron chi connectivity index (χ3n) is 4.32. The number of hydrogen-bond donors (Lipinski definition) is 0. The van der Waals surface area contributed by atoms with Crippen LogP contribution in [0.2, 0.25) is 0 Å². The molecule has 0 bridgehead atoms. The van der Waals surface area contributed by atoms with E-state index in [-0.39, 0.29) is 16.9 Å². The first-order valence-corrected chi connectivity index (χ1v) is 8.07. The molecule has 0 saturated carbocycles. The Labute approximate surface area is 147 Å². The monoisotopic (exact) mass is 346 g/mol. The molecule has 4 rings (SSSR count). The van der Waals surface area contributed by atoms with Crippen LogP contribution in [0.5, 0.6) is 0 Å². The first-order chi connectivity index (χ1) is 12.4. The minimum Gasteiger partial charge on any atom is -0.422 e. The van der Waals surface area contributed by atoms with Crippen LogP contribution in [-0.2, 0) is 0 Å². The van der Waals surface area contributed by atoms with E-state index < -0.39 is 11.3 Å². The van der Waals surface area contributed by atoms with Crippen LogP contribution in [-0.4, -0.2) is 5.78 Å². The van der Waals surface area contributed by atoms with Gasteiger partial charge in [0.2, 0.25) is 0 Å². The molecule has 0 saturated heterocycles. The predicted molar refractivity (Wildman–Crippen MR) is 98.7 cm³/mol. The van der Waals surface area contributed by atoms with Crippen molar-refractivity contribution >= 4 is 27.7 Å². The number of rotatable bonds is 2. The van der Waals surface area contributed by atoms with Crippen LogP contribution in [0.15, 0.2) is 67.0 Å². The molecule has 26 heavy (non-hydrogen) atoms. The van der Waals surface area contributed by atoms with Crippen molar-refractivity contribution in [3.05, 3.63) is 80.5 Å². The van der Waals surface area contributed by atoms with Gasteiger partial charge in [0.05, 0.1) is 5.56 Å². The standard InChI is InChI=1S/C21H14O5/c1-11-6-7-18-14(8-11)10-17(21(24)25-18)15-5-3-4-13-9-16(12(2)22)20(23)26-19(13)15/h3-10H,1-2H3. The fraction of sp³-hybridized carbons (Fsp3) is 0.0952. The molecule has 0 N–H and O–H groups in total. The summed E-state index contributed by atoms with van der Waals surface area (Å²) in [6, 6.07) is 13.9. The molecule has 0 aliphatic carbocycles. The summed E-state index contributed by atoms with van der Waals surface area (Å²) in [4.78, 5) is 36.2.